The number of carbonyl (C=O) groups is 1. The zero-order chi connectivity index (χ0) is 12.3. The van der Waals surface area contributed by atoms with Gasteiger partial charge < -0.3 is 5.73 Å². The number of primary amides is 1. The quantitative estimate of drug-likeness (QED) is 0.892. The van der Waals surface area contributed by atoms with Gasteiger partial charge in [0.2, 0.25) is 5.91 Å². The van der Waals surface area contributed by atoms with E-state index in [4.69, 9.17) is 5.73 Å². The van der Waals surface area contributed by atoms with Crippen molar-refractivity contribution in [2.24, 2.45) is 5.73 Å². The van der Waals surface area contributed by atoms with E-state index in [-0.39, 0.29) is 11.9 Å². The minimum Gasteiger partial charge on any atom is -0.368 e. The molecule has 16 heavy (non-hydrogen) atoms. The molecule has 0 aliphatic carbocycles. The Morgan fingerprint density at radius 2 is 2.12 bits per heavy atom. The van der Waals surface area contributed by atoms with Crippen molar-refractivity contribution in [1.29, 1.82) is 0 Å². The first kappa shape index (κ1) is 13.1. The smallest absolute Gasteiger partial charge is 0.239 e. The highest BCUT2D eigenvalue weighted by molar-refractivity contribution is 9.10. The molecule has 0 saturated carbocycles. The van der Waals surface area contributed by atoms with Crippen LogP contribution in [0.5, 0.6) is 0 Å². The van der Waals surface area contributed by atoms with Crippen LogP contribution < -0.4 is 11.1 Å². The molecular weight excluding hydrogens is 275 g/mol. The predicted molar refractivity (Wildman–Crippen MR) is 64.3 cm³/mol. The van der Waals surface area contributed by atoms with Crippen molar-refractivity contribution in [3.8, 4) is 0 Å². The lowest BCUT2D eigenvalue weighted by Crippen LogP contribution is -2.37. The van der Waals surface area contributed by atoms with Crippen LogP contribution in [0.3, 0.4) is 0 Å². The topological polar surface area (TPSA) is 55.1 Å². The Hall–Kier alpha value is -0.940. The molecule has 0 heterocycles. The van der Waals surface area contributed by atoms with Crippen LogP contribution >= 0.6 is 15.9 Å². The van der Waals surface area contributed by atoms with E-state index in [0.717, 1.165) is 0 Å². The Bertz CT molecular complexity index is 396. The van der Waals surface area contributed by atoms with Gasteiger partial charge in [0.15, 0.2) is 0 Å². The van der Waals surface area contributed by atoms with E-state index >= 15 is 0 Å². The molecule has 3 N–H and O–H groups in total. The fourth-order valence-corrected chi connectivity index (χ4v) is 1.76. The molecule has 1 unspecified atom stereocenters. The highest BCUT2D eigenvalue weighted by Crippen LogP contribution is 2.21. The average Bonchev–Trinajstić information content (AvgIpc) is 2.18. The molecule has 0 saturated heterocycles. The van der Waals surface area contributed by atoms with E-state index in [1.165, 1.54) is 6.07 Å². The van der Waals surface area contributed by atoms with Crippen molar-refractivity contribution in [1.82, 2.24) is 5.32 Å². The molecule has 1 aromatic rings. The first-order valence-electron chi connectivity index (χ1n) is 4.92. The molecular formula is C11H14BrFN2O. The number of benzene rings is 1. The Morgan fingerprint density at radius 1 is 1.50 bits per heavy atom. The molecule has 0 aliphatic rings. The van der Waals surface area contributed by atoms with Crippen LogP contribution in [0.1, 0.15) is 25.5 Å². The summed E-state index contributed by atoms with van der Waals surface area (Å²) in [7, 11) is 0. The van der Waals surface area contributed by atoms with Gasteiger partial charge in [0.25, 0.3) is 0 Å². The van der Waals surface area contributed by atoms with E-state index in [2.05, 4.69) is 21.2 Å². The van der Waals surface area contributed by atoms with Crippen LogP contribution in [-0.2, 0) is 4.79 Å². The molecule has 1 aromatic carbocycles. The minimum absolute atomic E-state index is 0.112. The first-order valence-corrected chi connectivity index (χ1v) is 5.71. The third-order valence-corrected chi connectivity index (χ3v) is 2.67. The van der Waals surface area contributed by atoms with Gasteiger partial charge in [-0.2, -0.15) is 0 Å². The van der Waals surface area contributed by atoms with Gasteiger partial charge in [-0.3, -0.25) is 10.1 Å². The van der Waals surface area contributed by atoms with Crippen molar-refractivity contribution in [2.75, 3.05) is 0 Å². The van der Waals surface area contributed by atoms with Crippen LogP contribution in [0.2, 0.25) is 0 Å². The van der Waals surface area contributed by atoms with Gasteiger partial charge in [-0.05, 0) is 47.5 Å². The van der Waals surface area contributed by atoms with Crippen molar-refractivity contribution >= 4 is 21.8 Å². The summed E-state index contributed by atoms with van der Waals surface area (Å²) in [5.74, 6) is -0.844. The number of nitrogens with two attached hydrogens (primary N) is 1. The molecule has 1 rings (SSSR count). The molecule has 0 aromatic heterocycles. The Kier molecular flexibility index (Phi) is 4.44. The second-order valence-corrected chi connectivity index (χ2v) is 4.68. The number of halogens is 2. The average molecular weight is 289 g/mol. The SMILES string of the molecule is CC(C)NC(C(N)=O)c1ccc(F)c(Br)c1. The largest absolute Gasteiger partial charge is 0.368 e. The number of hydrogen-bond acceptors (Lipinski definition) is 2. The molecule has 3 nitrogen and oxygen atoms in total. The third kappa shape index (κ3) is 3.28. The van der Waals surface area contributed by atoms with Gasteiger partial charge >= 0.3 is 0 Å². The maximum absolute atomic E-state index is 13.0. The van der Waals surface area contributed by atoms with Crippen molar-refractivity contribution in [3.05, 3.63) is 34.1 Å². The highest BCUT2D eigenvalue weighted by atomic mass is 79.9. The highest BCUT2D eigenvalue weighted by Gasteiger charge is 2.19. The Labute approximate surface area is 102 Å². The fraction of sp³-hybridized carbons (Fsp3) is 0.364. The third-order valence-electron chi connectivity index (χ3n) is 2.06. The molecule has 88 valence electrons. The summed E-state index contributed by atoms with van der Waals surface area (Å²) in [4.78, 5) is 11.3. The van der Waals surface area contributed by atoms with Gasteiger partial charge in [0.05, 0.1) is 4.47 Å². The van der Waals surface area contributed by atoms with E-state index in [1.54, 1.807) is 12.1 Å². The van der Waals surface area contributed by atoms with Crippen LogP contribution in [0.25, 0.3) is 0 Å². The predicted octanol–water partition coefficient (Wildman–Crippen LogP) is 2.11. The summed E-state index contributed by atoms with van der Waals surface area (Å²) in [6.07, 6.45) is 0. The molecule has 5 heteroatoms. The second-order valence-electron chi connectivity index (χ2n) is 3.83. The number of nitrogens with one attached hydrogen (secondary N) is 1. The van der Waals surface area contributed by atoms with E-state index in [9.17, 15) is 9.18 Å². The normalized spacial score (nSPS) is 12.8. The van der Waals surface area contributed by atoms with Crippen molar-refractivity contribution in [3.63, 3.8) is 0 Å². The Morgan fingerprint density at radius 3 is 2.56 bits per heavy atom. The van der Waals surface area contributed by atoms with Gasteiger partial charge in [-0.15, -0.1) is 0 Å². The van der Waals surface area contributed by atoms with E-state index < -0.39 is 11.9 Å². The second kappa shape index (κ2) is 5.41. The lowest BCUT2D eigenvalue weighted by atomic mass is 10.1. The van der Waals surface area contributed by atoms with Crippen LogP contribution in [0.4, 0.5) is 4.39 Å². The molecule has 0 spiro atoms. The summed E-state index contributed by atoms with van der Waals surface area (Å²) in [5.41, 5.74) is 5.94. The number of rotatable bonds is 4. The van der Waals surface area contributed by atoms with Crippen LogP contribution in [0.15, 0.2) is 22.7 Å². The monoisotopic (exact) mass is 288 g/mol. The Balaban J connectivity index is 3.01. The molecule has 0 bridgehead atoms. The van der Waals surface area contributed by atoms with Gasteiger partial charge in [0.1, 0.15) is 11.9 Å². The van der Waals surface area contributed by atoms with E-state index in [1.807, 2.05) is 13.8 Å². The van der Waals surface area contributed by atoms with Crippen molar-refractivity contribution < 1.29 is 9.18 Å². The maximum atomic E-state index is 13.0. The zero-order valence-corrected chi connectivity index (χ0v) is 10.7. The molecule has 0 fully saturated rings. The molecule has 1 atom stereocenters. The number of amides is 1. The summed E-state index contributed by atoms with van der Waals surface area (Å²) < 4.78 is 13.4. The van der Waals surface area contributed by atoms with Gasteiger partial charge in [-0.25, -0.2) is 4.39 Å². The van der Waals surface area contributed by atoms with Crippen LogP contribution in [-0.4, -0.2) is 11.9 Å². The van der Waals surface area contributed by atoms with Gasteiger partial charge in [0, 0.05) is 6.04 Å². The van der Waals surface area contributed by atoms with Crippen molar-refractivity contribution in [2.45, 2.75) is 25.9 Å². The summed E-state index contributed by atoms with van der Waals surface area (Å²) in [5, 5.41) is 3.02. The summed E-state index contributed by atoms with van der Waals surface area (Å²) in [6.45, 7) is 3.82. The number of carbonyl (C=O) groups excluding carboxylic acids is 1. The van der Waals surface area contributed by atoms with Gasteiger partial charge in [-0.1, -0.05) is 6.07 Å². The van der Waals surface area contributed by atoms with E-state index in [0.29, 0.717) is 10.0 Å². The lowest BCUT2D eigenvalue weighted by molar-refractivity contribution is -0.120. The standard InChI is InChI=1S/C11H14BrFN2O/c1-6(2)15-10(11(14)16)7-3-4-9(13)8(12)5-7/h3-6,10,15H,1-2H3,(H2,14,16). The van der Waals surface area contributed by atoms with Crippen LogP contribution in [0, 0.1) is 5.82 Å². The first-order chi connectivity index (χ1) is 7.41. The molecule has 0 radical (unpaired) electrons. The lowest BCUT2D eigenvalue weighted by Gasteiger charge is -2.18. The summed E-state index contributed by atoms with van der Waals surface area (Å²) in [6, 6.07) is 3.92. The number of hydrogen-bond donors (Lipinski definition) is 2. The molecule has 0 aliphatic heterocycles. The fourth-order valence-electron chi connectivity index (χ4n) is 1.37. The maximum Gasteiger partial charge on any atom is 0.239 e. The summed E-state index contributed by atoms with van der Waals surface area (Å²) >= 11 is 3.07. The zero-order valence-electron chi connectivity index (χ0n) is 9.13. The molecule has 1 amide bonds. The minimum atomic E-state index is -0.600.